The fourth-order valence-corrected chi connectivity index (χ4v) is 4.47. The zero-order chi connectivity index (χ0) is 22.0. The van der Waals surface area contributed by atoms with Gasteiger partial charge in [0.15, 0.2) is 0 Å². The normalized spacial score (nSPS) is 11.3. The zero-order valence-corrected chi connectivity index (χ0v) is 19.2. The first-order chi connectivity index (χ1) is 14.9. The van der Waals surface area contributed by atoms with Crippen molar-refractivity contribution < 1.29 is 17.6 Å². The van der Waals surface area contributed by atoms with E-state index in [-0.39, 0.29) is 21.7 Å². The van der Waals surface area contributed by atoms with Crippen molar-refractivity contribution in [2.75, 3.05) is 12.4 Å². The van der Waals surface area contributed by atoms with Gasteiger partial charge in [-0.2, -0.15) is 4.98 Å². The number of oxazole rings is 1. The number of methoxy groups -OCH3 is 1. The molecule has 4 rings (SSSR count). The number of hydrogen-bond acceptors (Lipinski definition) is 6. The standard InChI is InChI=1S/C23H19BrN2O4S/c1-15-6-8-16(9-7-15)21-26-23(31(27,28)20-12-10-17(24)11-13-20)22(30-21)25-18-4-3-5-19(14-18)29-2/h3-14,25H,1-2H3. The van der Waals surface area contributed by atoms with Gasteiger partial charge in [-0.05, 0) is 55.5 Å². The minimum atomic E-state index is -3.94. The number of anilines is 2. The summed E-state index contributed by atoms with van der Waals surface area (Å²) in [6, 6.07) is 21.0. The summed E-state index contributed by atoms with van der Waals surface area (Å²) in [5.41, 5.74) is 2.36. The van der Waals surface area contributed by atoms with Crippen molar-refractivity contribution in [1.29, 1.82) is 0 Å². The predicted octanol–water partition coefficient (Wildman–Crippen LogP) is 6.00. The van der Waals surface area contributed by atoms with E-state index in [1.807, 2.05) is 31.2 Å². The summed E-state index contributed by atoms with van der Waals surface area (Å²) >= 11 is 3.33. The summed E-state index contributed by atoms with van der Waals surface area (Å²) in [5.74, 6) is 0.869. The number of halogens is 1. The lowest BCUT2D eigenvalue weighted by atomic mass is 10.1. The number of hydrogen-bond donors (Lipinski definition) is 1. The fourth-order valence-electron chi connectivity index (χ4n) is 2.94. The molecular formula is C23H19BrN2O4S. The molecule has 1 aromatic heterocycles. The Bertz CT molecular complexity index is 1310. The molecule has 8 heteroatoms. The molecule has 0 saturated heterocycles. The van der Waals surface area contributed by atoms with Crippen LogP contribution in [-0.2, 0) is 9.84 Å². The molecule has 0 fully saturated rings. The smallest absolute Gasteiger partial charge is 0.238 e. The van der Waals surface area contributed by atoms with E-state index < -0.39 is 9.84 Å². The van der Waals surface area contributed by atoms with Crippen LogP contribution in [0.15, 0.2) is 91.6 Å². The molecule has 0 bridgehead atoms. The first-order valence-corrected chi connectivity index (χ1v) is 11.6. The average Bonchev–Trinajstić information content (AvgIpc) is 3.19. The molecule has 1 heterocycles. The number of rotatable bonds is 6. The fraction of sp³-hybridized carbons (Fsp3) is 0.0870. The number of nitrogens with one attached hydrogen (secondary N) is 1. The number of ether oxygens (including phenoxy) is 1. The van der Waals surface area contributed by atoms with Crippen molar-refractivity contribution in [1.82, 2.24) is 4.98 Å². The third-order valence-electron chi connectivity index (χ3n) is 4.60. The first-order valence-electron chi connectivity index (χ1n) is 9.36. The molecule has 0 amide bonds. The van der Waals surface area contributed by atoms with Crippen LogP contribution in [0.4, 0.5) is 11.6 Å². The third kappa shape index (κ3) is 4.50. The summed E-state index contributed by atoms with van der Waals surface area (Å²) in [5, 5.41) is 2.85. The summed E-state index contributed by atoms with van der Waals surface area (Å²) in [4.78, 5) is 4.48. The van der Waals surface area contributed by atoms with Crippen molar-refractivity contribution in [3.63, 3.8) is 0 Å². The molecule has 3 aromatic carbocycles. The lowest BCUT2D eigenvalue weighted by Crippen LogP contribution is -2.05. The zero-order valence-electron chi connectivity index (χ0n) is 16.8. The predicted molar refractivity (Wildman–Crippen MR) is 123 cm³/mol. The maximum atomic E-state index is 13.4. The highest BCUT2D eigenvalue weighted by molar-refractivity contribution is 9.10. The molecule has 0 aliphatic heterocycles. The van der Waals surface area contributed by atoms with Gasteiger partial charge in [0.25, 0.3) is 0 Å². The van der Waals surface area contributed by atoms with E-state index in [1.54, 1.807) is 43.5 Å². The van der Waals surface area contributed by atoms with E-state index in [0.29, 0.717) is 17.0 Å². The minimum absolute atomic E-state index is 0.0340. The van der Waals surface area contributed by atoms with Crippen LogP contribution < -0.4 is 10.1 Å². The Kier molecular flexibility index (Phi) is 5.84. The van der Waals surface area contributed by atoms with E-state index >= 15 is 0 Å². The van der Waals surface area contributed by atoms with E-state index in [1.165, 1.54) is 12.1 Å². The van der Waals surface area contributed by atoms with Crippen LogP contribution in [0.3, 0.4) is 0 Å². The molecule has 0 saturated carbocycles. The Morgan fingerprint density at radius 3 is 2.39 bits per heavy atom. The van der Waals surface area contributed by atoms with Gasteiger partial charge in [0.05, 0.1) is 12.0 Å². The van der Waals surface area contributed by atoms with Gasteiger partial charge in [0.1, 0.15) is 5.75 Å². The first kappa shape index (κ1) is 21.1. The molecule has 0 radical (unpaired) electrons. The number of benzene rings is 3. The molecule has 0 aliphatic rings. The van der Waals surface area contributed by atoms with Gasteiger partial charge in [-0.25, -0.2) is 8.42 Å². The highest BCUT2D eigenvalue weighted by Crippen LogP contribution is 2.35. The SMILES string of the molecule is COc1cccc(Nc2oc(-c3ccc(C)cc3)nc2S(=O)(=O)c2ccc(Br)cc2)c1. The molecule has 6 nitrogen and oxygen atoms in total. The number of aryl methyl sites for hydroxylation is 1. The summed E-state index contributed by atoms with van der Waals surface area (Å²) in [6.45, 7) is 1.97. The van der Waals surface area contributed by atoms with Crippen LogP contribution in [0.1, 0.15) is 5.56 Å². The van der Waals surface area contributed by atoms with Crippen LogP contribution in [-0.4, -0.2) is 20.5 Å². The molecule has 0 aliphatic carbocycles. The lowest BCUT2D eigenvalue weighted by molar-refractivity contribution is 0.415. The van der Waals surface area contributed by atoms with Crippen molar-refractivity contribution in [3.8, 4) is 17.2 Å². The maximum absolute atomic E-state index is 13.4. The van der Waals surface area contributed by atoms with E-state index in [0.717, 1.165) is 10.0 Å². The summed E-state index contributed by atoms with van der Waals surface area (Å²) < 4.78 is 38.7. The summed E-state index contributed by atoms with van der Waals surface area (Å²) in [6.07, 6.45) is 0. The van der Waals surface area contributed by atoms with Crippen LogP contribution in [0.5, 0.6) is 5.75 Å². The average molecular weight is 499 g/mol. The largest absolute Gasteiger partial charge is 0.497 e. The van der Waals surface area contributed by atoms with Crippen molar-refractivity contribution in [3.05, 3.63) is 82.8 Å². The van der Waals surface area contributed by atoms with Gasteiger partial charge < -0.3 is 14.5 Å². The molecule has 0 atom stereocenters. The Balaban J connectivity index is 1.83. The lowest BCUT2D eigenvalue weighted by Gasteiger charge is -2.07. The quantitative estimate of drug-likeness (QED) is 0.351. The Labute approximate surface area is 189 Å². The second kappa shape index (κ2) is 8.56. The molecule has 4 aromatic rings. The number of nitrogens with zero attached hydrogens (tertiary/aromatic N) is 1. The Morgan fingerprint density at radius 2 is 1.71 bits per heavy atom. The van der Waals surface area contributed by atoms with Crippen LogP contribution in [0.2, 0.25) is 0 Å². The monoisotopic (exact) mass is 498 g/mol. The van der Waals surface area contributed by atoms with Crippen LogP contribution in [0.25, 0.3) is 11.5 Å². The number of aromatic nitrogens is 1. The molecule has 0 unspecified atom stereocenters. The Hall–Kier alpha value is -3.10. The van der Waals surface area contributed by atoms with Gasteiger partial charge in [-0.3, -0.25) is 0 Å². The van der Waals surface area contributed by atoms with E-state index in [2.05, 4.69) is 26.2 Å². The minimum Gasteiger partial charge on any atom is -0.497 e. The Morgan fingerprint density at radius 1 is 1.00 bits per heavy atom. The topological polar surface area (TPSA) is 81.4 Å². The van der Waals surface area contributed by atoms with E-state index in [9.17, 15) is 8.42 Å². The van der Waals surface area contributed by atoms with Gasteiger partial charge >= 0.3 is 0 Å². The molecule has 0 spiro atoms. The summed E-state index contributed by atoms with van der Waals surface area (Å²) in [7, 11) is -2.37. The highest BCUT2D eigenvalue weighted by Gasteiger charge is 2.29. The van der Waals surface area contributed by atoms with Crippen molar-refractivity contribution >= 4 is 37.3 Å². The van der Waals surface area contributed by atoms with Gasteiger partial charge in [0, 0.05) is 21.8 Å². The second-order valence-electron chi connectivity index (χ2n) is 6.83. The molecule has 158 valence electrons. The second-order valence-corrected chi connectivity index (χ2v) is 9.61. The van der Waals surface area contributed by atoms with E-state index in [4.69, 9.17) is 9.15 Å². The highest BCUT2D eigenvalue weighted by atomic mass is 79.9. The van der Waals surface area contributed by atoms with Crippen LogP contribution in [0, 0.1) is 6.92 Å². The molecule has 31 heavy (non-hydrogen) atoms. The molecule has 1 N–H and O–H groups in total. The molecular weight excluding hydrogens is 480 g/mol. The van der Waals surface area contributed by atoms with Gasteiger partial charge in [0.2, 0.25) is 26.6 Å². The van der Waals surface area contributed by atoms with Crippen molar-refractivity contribution in [2.45, 2.75) is 16.8 Å². The van der Waals surface area contributed by atoms with Gasteiger partial charge in [-0.15, -0.1) is 0 Å². The van der Waals surface area contributed by atoms with Crippen LogP contribution >= 0.6 is 15.9 Å². The maximum Gasteiger partial charge on any atom is 0.238 e. The van der Waals surface area contributed by atoms with Gasteiger partial charge in [-0.1, -0.05) is 39.7 Å². The third-order valence-corrected chi connectivity index (χ3v) is 6.81. The number of sulfone groups is 1. The van der Waals surface area contributed by atoms with Crippen molar-refractivity contribution in [2.24, 2.45) is 0 Å².